The lowest BCUT2D eigenvalue weighted by molar-refractivity contribution is 0.0517. The lowest BCUT2D eigenvalue weighted by Crippen LogP contribution is -2.31. The minimum Gasteiger partial charge on any atom is -0.497 e. The van der Waals surface area contributed by atoms with Gasteiger partial charge in [-0.1, -0.05) is 46.7 Å². The highest BCUT2D eigenvalue weighted by Gasteiger charge is 2.36. The highest BCUT2D eigenvalue weighted by molar-refractivity contribution is 8.00. The molecule has 0 N–H and O–H groups in total. The molecule has 0 saturated carbocycles. The molecule has 3 aromatic carbocycles. The first-order valence-corrected chi connectivity index (χ1v) is 11.5. The Hall–Kier alpha value is -3.29. The van der Waals surface area contributed by atoms with E-state index in [2.05, 4.69) is 5.16 Å². The largest absolute Gasteiger partial charge is 0.497 e. The Morgan fingerprint density at radius 2 is 1.76 bits per heavy atom. The van der Waals surface area contributed by atoms with Crippen LogP contribution in [0.2, 0.25) is 5.02 Å². The number of halogens is 1. The van der Waals surface area contributed by atoms with Gasteiger partial charge in [-0.05, 0) is 67.6 Å². The van der Waals surface area contributed by atoms with Crippen molar-refractivity contribution in [1.29, 1.82) is 0 Å². The van der Waals surface area contributed by atoms with E-state index in [1.807, 2.05) is 66.5 Å². The van der Waals surface area contributed by atoms with Crippen molar-refractivity contribution in [3.05, 3.63) is 89.4 Å². The summed E-state index contributed by atoms with van der Waals surface area (Å²) in [4.78, 5) is 18.4. The van der Waals surface area contributed by atoms with Gasteiger partial charge in [0.15, 0.2) is 0 Å². The van der Waals surface area contributed by atoms with Gasteiger partial charge in [-0.15, -0.1) is 0 Å². The number of hydrazone groups is 1. The Labute approximate surface area is 201 Å². The molecule has 1 aliphatic heterocycles. The van der Waals surface area contributed by atoms with Gasteiger partial charge in [0.25, 0.3) is 0 Å². The van der Waals surface area contributed by atoms with E-state index in [9.17, 15) is 4.79 Å². The van der Waals surface area contributed by atoms with E-state index in [0.29, 0.717) is 10.6 Å². The molecule has 0 bridgehead atoms. The summed E-state index contributed by atoms with van der Waals surface area (Å²) in [7, 11) is 1.64. The fourth-order valence-corrected chi connectivity index (χ4v) is 4.70. The molecule has 0 aliphatic carbocycles. The van der Waals surface area contributed by atoms with Crippen LogP contribution in [0, 0.1) is 5.92 Å². The lowest BCUT2D eigenvalue weighted by Gasteiger charge is -2.26. The second kappa shape index (κ2) is 10.6. The van der Waals surface area contributed by atoms with Crippen molar-refractivity contribution in [3.8, 4) is 5.75 Å². The van der Waals surface area contributed by atoms with Gasteiger partial charge in [-0.25, -0.2) is 4.79 Å². The molecule has 168 valence electrons. The molecule has 0 aromatic heterocycles. The zero-order valence-corrected chi connectivity index (χ0v) is 19.7. The third-order valence-corrected chi connectivity index (χ3v) is 6.60. The molecule has 33 heavy (non-hydrogen) atoms. The van der Waals surface area contributed by atoms with Gasteiger partial charge in [-0.3, -0.25) is 5.01 Å². The Balaban J connectivity index is 1.56. The van der Waals surface area contributed by atoms with Crippen LogP contribution in [0.1, 0.15) is 17.3 Å². The number of ether oxygens (including phenoxy) is 1. The second-order valence-electron chi connectivity index (χ2n) is 7.27. The Kier molecular flexibility index (Phi) is 7.32. The molecule has 0 spiro atoms. The van der Waals surface area contributed by atoms with Crippen LogP contribution in [0.5, 0.6) is 5.75 Å². The minimum absolute atomic E-state index is 0.140. The van der Waals surface area contributed by atoms with Gasteiger partial charge in [0.05, 0.1) is 30.5 Å². The zero-order valence-electron chi connectivity index (χ0n) is 18.1. The summed E-state index contributed by atoms with van der Waals surface area (Å²) in [6.45, 7) is 1.94. The summed E-state index contributed by atoms with van der Waals surface area (Å²) in [6.07, 6.45) is 1.64. The summed E-state index contributed by atoms with van der Waals surface area (Å²) >= 11 is 7.71. The van der Waals surface area contributed by atoms with Crippen LogP contribution in [0.15, 0.2) is 94.0 Å². The first-order valence-electron chi connectivity index (χ1n) is 10.3. The third kappa shape index (κ3) is 5.56. The number of thioether (sulfide) groups is 1. The summed E-state index contributed by atoms with van der Waals surface area (Å²) in [6, 6.07) is 24.1. The van der Waals surface area contributed by atoms with Crippen molar-refractivity contribution in [2.24, 2.45) is 16.2 Å². The van der Waals surface area contributed by atoms with Gasteiger partial charge in [0.2, 0.25) is 0 Å². The number of hydrogen-bond acceptors (Lipinski definition) is 7. The number of nitrogens with zero attached hydrogens (tertiary/aromatic N) is 3. The molecule has 2 unspecified atom stereocenters. The maximum absolute atomic E-state index is 12.2. The van der Waals surface area contributed by atoms with Crippen LogP contribution >= 0.6 is 23.4 Å². The summed E-state index contributed by atoms with van der Waals surface area (Å²) in [5, 5.41) is 11.2. The third-order valence-electron chi connectivity index (χ3n) is 5.07. The maximum Gasteiger partial charge on any atom is 0.365 e. The molecule has 8 heteroatoms. The van der Waals surface area contributed by atoms with Gasteiger partial charge in [-0.2, -0.15) is 5.10 Å². The normalized spacial score (nSPS) is 17.8. The fraction of sp³-hybridized carbons (Fsp3) is 0.160. The van der Waals surface area contributed by atoms with Crippen molar-refractivity contribution in [1.82, 2.24) is 0 Å². The van der Waals surface area contributed by atoms with Crippen LogP contribution in [0.25, 0.3) is 0 Å². The predicted octanol–water partition coefficient (Wildman–Crippen LogP) is 6.12. The number of oxime groups is 1. The van der Waals surface area contributed by atoms with Gasteiger partial charge < -0.3 is 9.57 Å². The number of methoxy groups -OCH3 is 1. The van der Waals surface area contributed by atoms with E-state index in [0.717, 1.165) is 22.0 Å². The molecule has 1 heterocycles. The highest BCUT2D eigenvalue weighted by atomic mass is 35.5. The smallest absolute Gasteiger partial charge is 0.365 e. The predicted molar refractivity (Wildman–Crippen MR) is 134 cm³/mol. The minimum atomic E-state index is -0.506. The Bertz CT molecular complexity index is 1150. The van der Waals surface area contributed by atoms with E-state index < -0.39 is 5.97 Å². The van der Waals surface area contributed by atoms with Crippen molar-refractivity contribution in [3.63, 3.8) is 0 Å². The molecule has 6 nitrogen and oxygen atoms in total. The number of carbonyl (C=O) groups excluding carboxylic acids is 1. The molecule has 3 aromatic rings. The van der Waals surface area contributed by atoms with Crippen LogP contribution < -0.4 is 9.75 Å². The molecular formula is C25H22ClN3O3S. The quantitative estimate of drug-likeness (QED) is 0.232. The molecule has 4 rings (SSSR count). The number of carbonyl (C=O) groups is 1. The van der Waals surface area contributed by atoms with Crippen LogP contribution in [-0.4, -0.2) is 30.4 Å². The van der Waals surface area contributed by atoms with E-state index in [-0.39, 0.29) is 11.3 Å². The zero-order chi connectivity index (χ0) is 23.2. The summed E-state index contributed by atoms with van der Waals surface area (Å²) in [5.74, 6) is 0.100. The highest BCUT2D eigenvalue weighted by Crippen LogP contribution is 2.39. The van der Waals surface area contributed by atoms with Crippen LogP contribution in [-0.2, 0) is 4.84 Å². The van der Waals surface area contributed by atoms with E-state index in [1.165, 1.54) is 0 Å². The SMILES string of the molecule is COc1ccc(SC2C(/C=N/OC(=O)c3ccccc3)C(C)=NN2c2ccc(Cl)cc2)cc1. The summed E-state index contributed by atoms with van der Waals surface area (Å²) < 4.78 is 5.27. The van der Waals surface area contributed by atoms with E-state index >= 15 is 0 Å². The van der Waals surface area contributed by atoms with Crippen molar-refractivity contribution < 1.29 is 14.4 Å². The maximum atomic E-state index is 12.2. The fourth-order valence-electron chi connectivity index (χ4n) is 3.32. The van der Waals surface area contributed by atoms with E-state index in [1.54, 1.807) is 49.4 Å². The lowest BCUT2D eigenvalue weighted by atomic mass is 10.1. The molecular weight excluding hydrogens is 458 g/mol. The molecule has 2 atom stereocenters. The van der Waals surface area contributed by atoms with Gasteiger partial charge >= 0.3 is 5.97 Å². The molecule has 0 amide bonds. The standard InChI is InChI=1S/C25H22ClN3O3S/c1-17-23(16-27-32-25(30)18-6-4-3-5-7-18)24(33-22-14-12-21(31-2)13-15-22)29(28-17)20-10-8-19(26)9-11-20/h3-16,23-24H,1-2H3/b27-16+. The Morgan fingerprint density at radius 3 is 2.42 bits per heavy atom. The molecule has 0 fully saturated rings. The van der Waals surface area contributed by atoms with Crippen LogP contribution in [0.3, 0.4) is 0 Å². The van der Waals surface area contributed by atoms with Crippen molar-refractivity contribution >= 4 is 46.9 Å². The number of anilines is 1. The number of hydrogen-bond donors (Lipinski definition) is 0. The molecule has 0 radical (unpaired) electrons. The van der Waals surface area contributed by atoms with Gasteiger partial charge in [0.1, 0.15) is 11.1 Å². The molecule has 0 saturated heterocycles. The molecule has 1 aliphatic rings. The van der Waals surface area contributed by atoms with Crippen LogP contribution in [0.4, 0.5) is 5.69 Å². The number of benzene rings is 3. The monoisotopic (exact) mass is 479 g/mol. The topological polar surface area (TPSA) is 63.5 Å². The first-order chi connectivity index (χ1) is 16.0. The average molecular weight is 480 g/mol. The second-order valence-corrected chi connectivity index (χ2v) is 8.90. The average Bonchev–Trinajstić information content (AvgIpc) is 3.15. The van der Waals surface area contributed by atoms with Crippen molar-refractivity contribution in [2.75, 3.05) is 12.1 Å². The van der Waals surface area contributed by atoms with E-state index in [4.69, 9.17) is 26.3 Å². The first kappa shape index (κ1) is 22.9. The van der Waals surface area contributed by atoms with Crippen molar-refractivity contribution in [2.45, 2.75) is 17.2 Å². The Morgan fingerprint density at radius 1 is 1.06 bits per heavy atom. The number of rotatable bonds is 7. The summed E-state index contributed by atoms with van der Waals surface area (Å²) in [5.41, 5.74) is 2.20. The van der Waals surface area contributed by atoms with Gasteiger partial charge in [0, 0.05) is 15.6 Å².